The van der Waals surface area contributed by atoms with Crippen molar-refractivity contribution in [2.24, 2.45) is 5.41 Å². The van der Waals surface area contributed by atoms with Gasteiger partial charge in [0.2, 0.25) is 5.88 Å². The van der Waals surface area contributed by atoms with Crippen molar-refractivity contribution < 1.29 is 33.3 Å². The second-order valence-electron chi connectivity index (χ2n) is 11.1. The molecule has 0 bridgehead atoms. The van der Waals surface area contributed by atoms with Crippen molar-refractivity contribution in [3.63, 3.8) is 0 Å². The number of hydrogen-bond donors (Lipinski definition) is 3. The van der Waals surface area contributed by atoms with Gasteiger partial charge in [-0.05, 0) is 49.6 Å². The van der Waals surface area contributed by atoms with Gasteiger partial charge >= 0.3 is 6.09 Å². The van der Waals surface area contributed by atoms with Crippen molar-refractivity contribution >= 4 is 50.3 Å². The van der Waals surface area contributed by atoms with Crippen LogP contribution in [0.5, 0.6) is 11.6 Å². The molecule has 0 unspecified atom stereocenters. The van der Waals surface area contributed by atoms with E-state index >= 15 is 0 Å². The van der Waals surface area contributed by atoms with Gasteiger partial charge in [-0.1, -0.05) is 6.42 Å². The minimum Gasteiger partial charge on any atom is -0.487 e. The molecule has 6 rings (SSSR count). The second kappa shape index (κ2) is 13.2. The largest absolute Gasteiger partial charge is 0.487 e. The molecule has 14 heteroatoms. The van der Waals surface area contributed by atoms with Crippen molar-refractivity contribution in [2.75, 3.05) is 38.8 Å². The van der Waals surface area contributed by atoms with Gasteiger partial charge in [0.05, 0.1) is 53.0 Å². The number of carbonyl (C=O) groups is 2. The number of anilines is 1. The zero-order valence-corrected chi connectivity index (χ0v) is 25.9. The Morgan fingerprint density at radius 3 is 2.63 bits per heavy atom. The lowest BCUT2D eigenvalue weighted by molar-refractivity contribution is 0.0428. The zero-order chi connectivity index (χ0) is 32.3. The Hall–Kier alpha value is -4.95. The number of thiazole rings is 1. The Morgan fingerprint density at radius 2 is 1.91 bits per heavy atom. The van der Waals surface area contributed by atoms with Crippen molar-refractivity contribution in [3.8, 4) is 22.2 Å². The molecule has 1 saturated carbocycles. The highest BCUT2D eigenvalue weighted by Gasteiger charge is 2.36. The van der Waals surface area contributed by atoms with Crippen LogP contribution in [0.1, 0.15) is 35.3 Å². The number of halogens is 1. The first-order chi connectivity index (χ1) is 22.3. The monoisotopic (exact) mass is 646 g/mol. The summed E-state index contributed by atoms with van der Waals surface area (Å²) in [4.78, 5) is 42.3. The van der Waals surface area contributed by atoms with Gasteiger partial charge in [-0.3, -0.25) is 10.1 Å². The summed E-state index contributed by atoms with van der Waals surface area (Å²) in [6.07, 6.45) is 4.93. The third-order valence-corrected chi connectivity index (χ3v) is 8.89. The maximum Gasteiger partial charge on any atom is 0.411 e. The zero-order valence-electron chi connectivity index (χ0n) is 25.1. The molecule has 3 heterocycles. The topological polar surface area (TPSA) is 158 Å². The molecular weight excluding hydrogens is 615 g/mol. The fourth-order valence-corrected chi connectivity index (χ4v) is 6.13. The lowest BCUT2D eigenvalue weighted by Crippen LogP contribution is -2.44. The second-order valence-corrected chi connectivity index (χ2v) is 12.1. The van der Waals surface area contributed by atoms with Crippen LogP contribution in [0.3, 0.4) is 0 Å². The van der Waals surface area contributed by atoms with E-state index in [2.05, 4.69) is 30.6 Å². The molecule has 2 amide bonds. The number of amides is 2. The van der Waals surface area contributed by atoms with E-state index in [1.165, 1.54) is 42.8 Å². The Kier molecular flexibility index (Phi) is 8.90. The molecule has 5 aromatic rings. The standard InChI is InChI=1S/C32H31FN6O6S/c1-18-10-20(28-24(11-18)38-27(43-2)15-35-28)30-39-23-12-21(33)25(13-26(23)46-30)44-8-9-45-31(42)37-19-4-5-22(34-14-19)29(41)36-16-32(17-40)6-3-7-32/h4-5,10-15,40H,3,6-9,16-17H2,1-2H3,(H,36,41)(H,37,42). The molecule has 46 heavy (non-hydrogen) atoms. The lowest BCUT2D eigenvalue weighted by Gasteiger charge is -2.40. The SMILES string of the molecule is COc1cnc2c(-c3nc4cc(F)c(OCCOC(=O)Nc5ccc(C(=O)NCC6(CO)CCC6)nc5)cc4s3)cc(C)cc2n1. The van der Waals surface area contributed by atoms with Gasteiger partial charge in [-0.15, -0.1) is 11.3 Å². The van der Waals surface area contributed by atoms with Crippen LogP contribution in [-0.4, -0.2) is 70.5 Å². The van der Waals surface area contributed by atoms with Crippen LogP contribution in [0.25, 0.3) is 31.8 Å². The highest BCUT2D eigenvalue weighted by molar-refractivity contribution is 7.21. The van der Waals surface area contributed by atoms with E-state index in [4.69, 9.17) is 14.2 Å². The fourth-order valence-electron chi connectivity index (χ4n) is 5.13. The molecule has 0 aliphatic heterocycles. The highest BCUT2D eigenvalue weighted by atomic mass is 32.1. The van der Waals surface area contributed by atoms with Gasteiger partial charge in [0, 0.05) is 29.7 Å². The van der Waals surface area contributed by atoms with Crippen LogP contribution in [-0.2, 0) is 4.74 Å². The number of carbonyl (C=O) groups excluding carboxylic acids is 2. The number of methoxy groups -OCH3 is 1. The summed E-state index contributed by atoms with van der Waals surface area (Å²) in [5, 5.41) is 15.6. The molecule has 2 aromatic carbocycles. The first-order valence-corrected chi connectivity index (χ1v) is 15.4. The van der Waals surface area contributed by atoms with Crippen LogP contribution in [0.2, 0.25) is 0 Å². The molecule has 1 fully saturated rings. The van der Waals surface area contributed by atoms with Crippen LogP contribution >= 0.6 is 11.3 Å². The average molecular weight is 647 g/mol. The number of hydrogen-bond acceptors (Lipinski definition) is 11. The number of aliphatic hydroxyl groups is 1. The smallest absolute Gasteiger partial charge is 0.411 e. The van der Waals surface area contributed by atoms with E-state index in [-0.39, 0.29) is 42.6 Å². The molecule has 0 spiro atoms. The van der Waals surface area contributed by atoms with Crippen molar-refractivity contribution in [1.82, 2.24) is 25.3 Å². The van der Waals surface area contributed by atoms with Gasteiger partial charge in [-0.25, -0.2) is 29.1 Å². The molecule has 0 radical (unpaired) electrons. The Labute approximate surface area is 267 Å². The predicted molar refractivity (Wildman–Crippen MR) is 170 cm³/mol. The first-order valence-electron chi connectivity index (χ1n) is 14.6. The number of rotatable bonds is 11. The molecule has 3 N–H and O–H groups in total. The molecule has 12 nitrogen and oxygen atoms in total. The number of aliphatic hydroxyl groups excluding tert-OH is 1. The van der Waals surface area contributed by atoms with Crippen molar-refractivity contribution in [2.45, 2.75) is 26.2 Å². The Balaban J connectivity index is 1.02. The summed E-state index contributed by atoms with van der Waals surface area (Å²) < 4.78 is 31.5. The normalized spacial score (nSPS) is 13.7. The third kappa shape index (κ3) is 6.67. The maximum absolute atomic E-state index is 14.9. The number of benzene rings is 2. The number of nitrogens with zero attached hydrogens (tertiary/aromatic N) is 4. The predicted octanol–water partition coefficient (Wildman–Crippen LogP) is 5.28. The number of aromatic nitrogens is 4. The number of fused-ring (bicyclic) bond motifs is 2. The Bertz CT molecular complexity index is 1910. The molecular formula is C32H31FN6O6S. The summed E-state index contributed by atoms with van der Waals surface area (Å²) in [5.74, 6) is -0.541. The van der Waals surface area contributed by atoms with Gasteiger partial charge in [0.25, 0.3) is 5.91 Å². The van der Waals surface area contributed by atoms with Gasteiger partial charge < -0.3 is 24.6 Å². The van der Waals surface area contributed by atoms with E-state index < -0.39 is 11.9 Å². The number of ether oxygens (including phenoxy) is 3. The van der Waals surface area contributed by atoms with Crippen LogP contribution < -0.4 is 20.1 Å². The minimum absolute atomic E-state index is 0.00520. The highest BCUT2D eigenvalue weighted by Crippen LogP contribution is 2.40. The van der Waals surface area contributed by atoms with Crippen LogP contribution in [0.15, 0.2) is 48.8 Å². The summed E-state index contributed by atoms with van der Waals surface area (Å²) in [6.45, 7) is 2.14. The van der Waals surface area contributed by atoms with Crippen LogP contribution in [0, 0.1) is 18.2 Å². The van der Waals surface area contributed by atoms with Crippen molar-refractivity contribution in [3.05, 3.63) is 65.9 Å². The maximum atomic E-state index is 14.9. The van der Waals surface area contributed by atoms with E-state index in [1.54, 1.807) is 12.3 Å². The van der Waals surface area contributed by atoms with E-state index in [0.29, 0.717) is 44.4 Å². The van der Waals surface area contributed by atoms with E-state index in [1.807, 2.05) is 19.1 Å². The lowest BCUT2D eigenvalue weighted by atomic mass is 9.69. The van der Waals surface area contributed by atoms with Crippen LogP contribution in [0.4, 0.5) is 14.9 Å². The van der Waals surface area contributed by atoms with Gasteiger partial charge in [-0.2, -0.15) is 0 Å². The van der Waals surface area contributed by atoms with Crippen molar-refractivity contribution in [1.29, 1.82) is 0 Å². The van der Waals surface area contributed by atoms with Gasteiger partial charge in [0.1, 0.15) is 23.9 Å². The molecule has 1 aliphatic carbocycles. The first kappa shape index (κ1) is 31.0. The third-order valence-electron chi connectivity index (χ3n) is 7.84. The minimum atomic E-state index is -0.758. The number of nitrogens with one attached hydrogen (secondary N) is 2. The van der Waals surface area contributed by atoms with Gasteiger partial charge in [0.15, 0.2) is 11.6 Å². The quantitative estimate of drug-likeness (QED) is 0.161. The molecule has 0 saturated heterocycles. The molecule has 3 aromatic heterocycles. The number of aryl methyl sites for hydroxylation is 1. The molecule has 238 valence electrons. The van der Waals surface area contributed by atoms with E-state index in [0.717, 1.165) is 30.4 Å². The van der Waals surface area contributed by atoms with E-state index in [9.17, 15) is 19.1 Å². The fraction of sp³-hybridized carbons (Fsp3) is 0.312. The summed E-state index contributed by atoms with van der Waals surface area (Å²) >= 11 is 1.37. The summed E-state index contributed by atoms with van der Waals surface area (Å²) in [5.41, 5.74) is 3.83. The average Bonchev–Trinajstić information content (AvgIpc) is 3.44. The Morgan fingerprint density at radius 1 is 1.07 bits per heavy atom. The molecule has 1 aliphatic rings. The summed E-state index contributed by atoms with van der Waals surface area (Å²) in [6, 6.07) is 9.76. The number of pyridine rings is 1. The summed E-state index contributed by atoms with van der Waals surface area (Å²) in [7, 11) is 1.53. The molecule has 0 atom stereocenters.